The smallest absolute Gasteiger partial charge is 0.267 e. The van der Waals surface area contributed by atoms with Gasteiger partial charge in [-0.05, 0) is 63.0 Å². The number of aromatic nitrogens is 2. The monoisotopic (exact) mass is 287 g/mol. The molecule has 0 bridgehead atoms. The van der Waals surface area contributed by atoms with Crippen molar-refractivity contribution in [3.63, 3.8) is 0 Å². The van der Waals surface area contributed by atoms with E-state index in [0.717, 1.165) is 37.4 Å². The fourth-order valence-electron chi connectivity index (χ4n) is 4.12. The summed E-state index contributed by atoms with van der Waals surface area (Å²) in [4.78, 5) is 14.9. The van der Waals surface area contributed by atoms with E-state index in [4.69, 9.17) is 0 Å². The van der Waals surface area contributed by atoms with Crippen LogP contribution in [0.5, 0.6) is 0 Å². The molecule has 4 rings (SSSR count). The SMILES string of the molecule is O=c1cc2c(nn1CC1CCCN1CC1CCC1)CCC2. The molecule has 0 spiro atoms. The largest absolute Gasteiger partial charge is 0.298 e. The number of nitrogens with zero attached hydrogens (tertiary/aromatic N) is 3. The minimum atomic E-state index is 0.103. The molecule has 1 aliphatic heterocycles. The Morgan fingerprint density at radius 1 is 1.10 bits per heavy atom. The molecule has 21 heavy (non-hydrogen) atoms. The normalized spacial score (nSPS) is 26.0. The van der Waals surface area contributed by atoms with E-state index in [0.29, 0.717) is 6.04 Å². The molecular weight excluding hydrogens is 262 g/mol. The Morgan fingerprint density at radius 3 is 2.81 bits per heavy atom. The highest BCUT2D eigenvalue weighted by molar-refractivity contribution is 5.22. The summed E-state index contributed by atoms with van der Waals surface area (Å²) in [5, 5.41) is 4.64. The van der Waals surface area contributed by atoms with Gasteiger partial charge in [-0.25, -0.2) is 4.68 Å². The van der Waals surface area contributed by atoms with Crippen LogP contribution < -0.4 is 5.56 Å². The van der Waals surface area contributed by atoms with Gasteiger partial charge in [-0.2, -0.15) is 5.10 Å². The van der Waals surface area contributed by atoms with Gasteiger partial charge in [0.15, 0.2) is 0 Å². The first kappa shape index (κ1) is 13.5. The molecule has 1 saturated carbocycles. The average molecular weight is 287 g/mol. The average Bonchev–Trinajstić information content (AvgIpc) is 3.03. The van der Waals surface area contributed by atoms with Gasteiger partial charge >= 0.3 is 0 Å². The maximum Gasteiger partial charge on any atom is 0.267 e. The van der Waals surface area contributed by atoms with E-state index in [9.17, 15) is 4.79 Å². The van der Waals surface area contributed by atoms with Gasteiger partial charge in [0.05, 0.1) is 12.2 Å². The lowest BCUT2D eigenvalue weighted by Crippen LogP contribution is -2.40. The summed E-state index contributed by atoms with van der Waals surface area (Å²) < 4.78 is 1.74. The van der Waals surface area contributed by atoms with Crippen LogP contribution in [0.1, 0.15) is 49.8 Å². The van der Waals surface area contributed by atoms with Crippen molar-refractivity contribution in [3.8, 4) is 0 Å². The second-order valence-electron chi connectivity index (χ2n) is 7.08. The quantitative estimate of drug-likeness (QED) is 0.850. The van der Waals surface area contributed by atoms with Crippen LogP contribution >= 0.6 is 0 Å². The standard InChI is InChI=1S/C17H25N3O/c21-17-10-14-6-2-8-16(14)18-20(17)12-15-7-3-9-19(15)11-13-4-1-5-13/h10,13,15H,1-9,11-12H2. The Hall–Kier alpha value is -1.16. The van der Waals surface area contributed by atoms with E-state index < -0.39 is 0 Å². The number of fused-ring (bicyclic) bond motifs is 1. The predicted octanol–water partition coefficient (Wildman–Crippen LogP) is 2.00. The van der Waals surface area contributed by atoms with Crippen LogP contribution in [0, 0.1) is 5.92 Å². The van der Waals surface area contributed by atoms with Gasteiger partial charge in [0.2, 0.25) is 0 Å². The molecule has 1 aromatic heterocycles. The first-order chi connectivity index (χ1) is 10.3. The van der Waals surface area contributed by atoms with Gasteiger partial charge in [0.25, 0.3) is 5.56 Å². The highest BCUT2D eigenvalue weighted by Crippen LogP contribution is 2.30. The molecule has 0 N–H and O–H groups in total. The van der Waals surface area contributed by atoms with Gasteiger partial charge in [-0.15, -0.1) is 0 Å². The van der Waals surface area contributed by atoms with E-state index in [-0.39, 0.29) is 5.56 Å². The van der Waals surface area contributed by atoms with Gasteiger partial charge < -0.3 is 0 Å². The topological polar surface area (TPSA) is 38.1 Å². The fourth-order valence-corrected chi connectivity index (χ4v) is 4.12. The molecular formula is C17H25N3O. The summed E-state index contributed by atoms with van der Waals surface area (Å²) >= 11 is 0. The predicted molar refractivity (Wildman–Crippen MR) is 82.5 cm³/mol. The molecule has 4 heteroatoms. The van der Waals surface area contributed by atoms with Crippen LogP contribution in [0.3, 0.4) is 0 Å². The van der Waals surface area contributed by atoms with Crippen LogP contribution in [0.2, 0.25) is 0 Å². The first-order valence-corrected chi connectivity index (χ1v) is 8.63. The van der Waals surface area contributed by atoms with E-state index in [2.05, 4.69) is 10.00 Å². The maximum absolute atomic E-state index is 12.2. The van der Waals surface area contributed by atoms with Crippen LogP contribution in [-0.2, 0) is 19.4 Å². The zero-order chi connectivity index (χ0) is 14.2. The summed E-state index contributed by atoms with van der Waals surface area (Å²) in [7, 11) is 0. The van der Waals surface area contributed by atoms with Crippen molar-refractivity contribution in [2.24, 2.45) is 5.92 Å². The minimum Gasteiger partial charge on any atom is -0.298 e. The van der Waals surface area contributed by atoms with Gasteiger partial charge in [-0.3, -0.25) is 9.69 Å². The van der Waals surface area contributed by atoms with Crippen molar-refractivity contribution in [1.82, 2.24) is 14.7 Å². The van der Waals surface area contributed by atoms with Crippen LogP contribution in [-0.4, -0.2) is 33.8 Å². The minimum absolute atomic E-state index is 0.103. The lowest BCUT2D eigenvalue weighted by Gasteiger charge is -2.33. The molecule has 0 radical (unpaired) electrons. The number of likely N-dealkylation sites (tertiary alicyclic amines) is 1. The van der Waals surface area contributed by atoms with Crippen LogP contribution in [0.4, 0.5) is 0 Å². The molecule has 1 saturated heterocycles. The molecule has 2 fully saturated rings. The Balaban J connectivity index is 1.48. The van der Waals surface area contributed by atoms with Crippen molar-refractivity contribution in [1.29, 1.82) is 0 Å². The second kappa shape index (κ2) is 5.56. The summed E-state index contributed by atoms with van der Waals surface area (Å²) in [5.74, 6) is 0.912. The van der Waals surface area contributed by atoms with E-state index in [1.165, 1.54) is 50.8 Å². The molecule has 0 amide bonds. The number of aryl methyl sites for hydroxylation is 2. The van der Waals surface area contributed by atoms with Crippen molar-refractivity contribution >= 4 is 0 Å². The van der Waals surface area contributed by atoms with Crippen molar-refractivity contribution < 1.29 is 0 Å². The number of rotatable bonds is 4. The number of hydrogen-bond donors (Lipinski definition) is 0. The Morgan fingerprint density at radius 2 is 2.00 bits per heavy atom. The molecule has 2 heterocycles. The lowest BCUT2D eigenvalue weighted by molar-refractivity contribution is 0.153. The zero-order valence-electron chi connectivity index (χ0n) is 12.8. The molecule has 1 atom stereocenters. The van der Waals surface area contributed by atoms with Crippen LogP contribution in [0.25, 0.3) is 0 Å². The van der Waals surface area contributed by atoms with Crippen molar-refractivity contribution in [2.45, 2.75) is 64.0 Å². The molecule has 114 valence electrons. The molecule has 1 aromatic rings. The Labute approximate surface area is 126 Å². The summed E-state index contributed by atoms with van der Waals surface area (Å²) in [5.41, 5.74) is 2.46. The lowest BCUT2D eigenvalue weighted by atomic mass is 9.85. The van der Waals surface area contributed by atoms with Crippen LogP contribution in [0.15, 0.2) is 10.9 Å². The van der Waals surface area contributed by atoms with E-state index in [1.54, 1.807) is 4.68 Å². The second-order valence-corrected chi connectivity index (χ2v) is 7.08. The van der Waals surface area contributed by atoms with Gasteiger partial charge in [-0.1, -0.05) is 6.42 Å². The maximum atomic E-state index is 12.2. The highest BCUT2D eigenvalue weighted by Gasteiger charge is 2.29. The number of hydrogen-bond acceptors (Lipinski definition) is 3. The van der Waals surface area contributed by atoms with Crippen molar-refractivity contribution in [3.05, 3.63) is 27.7 Å². The third kappa shape index (κ3) is 2.66. The first-order valence-electron chi connectivity index (χ1n) is 8.63. The Kier molecular flexibility index (Phi) is 3.57. The van der Waals surface area contributed by atoms with Crippen molar-refractivity contribution in [2.75, 3.05) is 13.1 Å². The van der Waals surface area contributed by atoms with Gasteiger partial charge in [0, 0.05) is 18.7 Å². The fraction of sp³-hybridized carbons (Fsp3) is 0.765. The highest BCUT2D eigenvalue weighted by atomic mass is 16.1. The molecule has 1 unspecified atom stereocenters. The third-order valence-corrected chi connectivity index (χ3v) is 5.62. The summed E-state index contributed by atoms with van der Waals surface area (Å²) in [6.07, 6.45) is 9.95. The van der Waals surface area contributed by atoms with E-state index in [1.807, 2.05) is 6.07 Å². The summed E-state index contributed by atoms with van der Waals surface area (Å²) in [6, 6.07) is 2.36. The molecule has 2 aliphatic carbocycles. The van der Waals surface area contributed by atoms with Gasteiger partial charge in [0.1, 0.15) is 0 Å². The Bertz CT molecular complexity index is 576. The molecule has 4 nitrogen and oxygen atoms in total. The zero-order valence-corrected chi connectivity index (χ0v) is 12.8. The molecule has 0 aromatic carbocycles. The molecule has 3 aliphatic rings. The summed E-state index contributed by atoms with van der Waals surface area (Å²) in [6.45, 7) is 3.24. The third-order valence-electron chi connectivity index (χ3n) is 5.62. The van der Waals surface area contributed by atoms with E-state index >= 15 is 0 Å².